The van der Waals surface area contributed by atoms with E-state index in [1.807, 2.05) is 0 Å². The van der Waals surface area contributed by atoms with E-state index in [1.54, 1.807) is 0 Å². The van der Waals surface area contributed by atoms with Crippen LogP contribution in [0.1, 0.15) is 35.6 Å². The van der Waals surface area contributed by atoms with Crippen LogP contribution in [-0.2, 0) is 18.4 Å². The molecule has 0 heterocycles. The third-order valence-electron chi connectivity index (χ3n) is 4.22. The smallest absolute Gasteiger partial charge is 0.0668 e. The molecule has 1 aliphatic rings. The van der Waals surface area contributed by atoms with Crippen LogP contribution in [0.2, 0.25) is 0 Å². The van der Waals surface area contributed by atoms with Gasteiger partial charge in [0.25, 0.3) is 0 Å². The quantitative estimate of drug-likeness (QED) is 0.808. The van der Waals surface area contributed by atoms with Gasteiger partial charge in [0.1, 0.15) is 0 Å². The van der Waals surface area contributed by atoms with E-state index in [0.717, 1.165) is 19.3 Å². The maximum absolute atomic E-state index is 6.78. The van der Waals surface area contributed by atoms with Gasteiger partial charge >= 0.3 is 0 Å². The second-order valence-corrected chi connectivity index (χ2v) is 5.14. The minimum Gasteiger partial charge on any atom is -0.318 e. The van der Waals surface area contributed by atoms with Gasteiger partial charge in [0, 0.05) is 0 Å². The monoisotopic (exact) mass is 237 g/mol. The molecule has 18 heavy (non-hydrogen) atoms. The van der Waals surface area contributed by atoms with Gasteiger partial charge in [-0.1, -0.05) is 55.5 Å². The Bertz CT molecular complexity index is 524. The van der Waals surface area contributed by atoms with Crippen molar-refractivity contribution < 1.29 is 0 Å². The van der Waals surface area contributed by atoms with Crippen molar-refractivity contribution in [2.45, 2.75) is 31.7 Å². The summed E-state index contributed by atoms with van der Waals surface area (Å²) in [6.45, 7) is 2.18. The van der Waals surface area contributed by atoms with Gasteiger partial charge in [-0.3, -0.25) is 0 Å². The third-order valence-corrected chi connectivity index (χ3v) is 4.22. The van der Waals surface area contributed by atoms with Crippen LogP contribution in [0.25, 0.3) is 0 Å². The van der Waals surface area contributed by atoms with E-state index in [-0.39, 0.29) is 5.54 Å². The van der Waals surface area contributed by atoms with Crippen molar-refractivity contribution in [3.63, 3.8) is 0 Å². The predicted octanol–water partition coefficient (Wildman–Crippen LogP) is 3.40. The average molecular weight is 237 g/mol. The molecule has 3 rings (SSSR count). The van der Waals surface area contributed by atoms with Crippen LogP contribution in [-0.4, -0.2) is 0 Å². The molecule has 2 aromatic rings. The van der Waals surface area contributed by atoms with Crippen LogP contribution in [0.15, 0.2) is 48.5 Å². The van der Waals surface area contributed by atoms with E-state index in [2.05, 4.69) is 55.5 Å². The fourth-order valence-corrected chi connectivity index (χ4v) is 3.14. The summed E-state index contributed by atoms with van der Waals surface area (Å²) in [4.78, 5) is 0. The molecule has 0 aromatic heterocycles. The summed E-state index contributed by atoms with van der Waals surface area (Å²) in [7, 11) is 0. The van der Waals surface area contributed by atoms with E-state index in [9.17, 15) is 0 Å². The first-order chi connectivity index (χ1) is 8.75. The van der Waals surface area contributed by atoms with Crippen molar-refractivity contribution in [2.24, 2.45) is 5.73 Å². The molecule has 2 aromatic carbocycles. The minimum atomic E-state index is -0.330. The first-order valence-corrected chi connectivity index (χ1v) is 6.71. The molecular formula is C17H19N. The van der Waals surface area contributed by atoms with Gasteiger partial charge in [-0.15, -0.1) is 0 Å². The number of rotatable bonds is 1. The highest BCUT2D eigenvalue weighted by molar-refractivity contribution is 5.48. The van der Waals surface area contributed by atoms with Gasteiger partial charge in [-0.05, 0) is 41.5 Å². The number of hydrogen-bond donors (Lipinski definition) is 1. The lowest BCUT2D eigenvalue weighted by atomic mass is 9.79. The van der Waals surface area contributed by atoms with Crippen LogP contribution in [0.4, 0.5) is 0 Å². The lowest BCUT2D eigenvalue weighted by Gasteiger charge is -2.31. The highest BCUT2D eigenvalue weighted by atomic mass is 14.7. The molecule has 0 atom stereocenters. The Labute approximate surface area is 109 Å². The normalized spacial score (nSPS) is 16.6. The molecule has 0 bridgehead atoms. The second-order valence-electron chi connectivity index (χ2n) is 5.14. The Morgan fingerprint density at radius 1 is 0.889 bits per heavy atom. The Morgan fingerprint density at radius 2 is 1.33 bits per heavy atom. The second kappa shape index (κ2) is 4.25. The van der Waals surface area contributed by atoms with Crippen LogP contribution in [0, 0.1) is 0 Å². The standard InChI is InChI=1S/C17H19N/c1-2-17(18)15-9-5-3-7-13(15)11-12-14-8-4-6-10-16(14)17/h3-10H,2,11-12,18H2,1H3. The van der Waals surface area contributed by atoms with Crippen LogP contribution >= 0.6 is 0 Å². The maximum Gasteiger partial charge on any atom is 0.0668 e. The van der Waals surface area contributed by atoms with Crippen molar-refractivity contribution >= 4 is 0 Å². The van der Waals surface area contributed by atoms with Crippen molar-refractivity contribution in [3.8, 4) is 0 Å². The molecule has 0 saturated carbocycles. The van der Waals surface area contributed by atoms with Crippen molar-refractivity contribution in [3.05, 3.63) is 70.8 Å². The molecule has 92 valence electrons. The summed E-state index contributed by atoms with van der Waals surface area (Å²) in [6, 6.07) is 17.3. The third kappa shape index (κ3) is 1.58. The number of hydrogen-bond acceptors (Lipinski definition) is 1. The summed E-state index contributed by atoms with van der Waals surface area (Å²) < 4.78 is 0. The van der Waals surface area contributed by atoms with Gasteiger partial charge in [-0.25, -0.2) is 0 Å². The molecule has 0 spiro atoms. The summed E-state index contributed by atoms with van der Waals surface area (Å²) in [5.74, 6) is 0. The van der Waals surface area contributed by atoms with Crippen molar-refractivity contribution in [1.82, 2.24) is 0 Å². The first-order valence-electron chi connectivity index (χ1n) is 6.71. The molecule has 2 N–H and O–H groups in total. The summed E-state index contributed by atoms with van der Waals surface area (Å²) in [6.07, 6.45) is 3.11. The highest BCUT2D eigenvalue weighted by Crippen LogP contribution is 2.37. The summed E-state index contributed by atoms with van der Waals surface area (Å²) in [5.41, 5.74) is 11.9. The van der Waals surface area contributed by atoms with Gasteiger partial charge < -0.3 is 5.73 Å². The van der Waals surface area contributed by atoms with E-state index >= 15 is 0 Å². The van der Waals surface area contributed by atoms with Crippen LogP contribution < -0.4 is 5.73 Å². The molecule has 1 aliphatic carbocycles. The summed E-state index contributed by atoms with van der Waals surface area (Å²) >= 11 is 0. The molecule has 0 saturated heterocycles. The molecule has 1 heteroatoms. The molecule has 0 aliphatic heterocycles. The lowest BCUT2D eigenvalue weighted by molar-refractivity contribution is 0.516. The fourth-order valence-electron chi connectivity index (χ4n) is 3.14. The predicted molar refractivity (Wildman–Crippen MR) is 75.6 cm³/mol. The lowest BCUT2D eigenvalue weighted by Crippen LogP contribution is -2.38. The number of fused-ring (bicyclic) bond motifs is 2. The van der Waals surface area contributed by atoms with Gasteiger partial charge in [0.05, 0.1) is 5.54 Å². The molecular weight excluding hydrogens is 218 g/mol. The van der Waals surface area contributed by atoms with Crippen LogP contribution in [0.3, 0.4) is 0 Å². The highest BCUT2D eigenvalue weighted by Gasteiger charge is 2.33. The zero-order chi connectivity index (χ0) is 12.6. The van der Waals surface area contributed by atoms with Crippen molar-refractivity contribution in [1.29, 1.82) is 0 Å². The topological polar surface area (TPSA) is 26.0 Å². The Balaban J connectivity index is 2.29. The average Bonchev–Trinajstić information content (AvgIpc) is 2.56. The van der Waals surface area contributed by atoms with Crippen LogP contribution in [0.5, 0.6) is 0 Å². The molecule has 0 radical (unpaired) electrons. The zero-order valence-corrected chi connectivity index (χ0v) is 10.8. The summed E-state index contributed by atoms with van der Waals surface area (Å²) in [5, 5.41) is 0. The number of nitrogens with two attached hydrogens (primary N) is 1. The molecule has 1 nitrogen and oxygen atoms in total. The van der Waals surface area contributed by atoms with Gasteiger partial charge in [-0.2, -0.15) is 0 Å². The van der Waals surface area contributed by atoms with E-state index in [4.69, 9.17) is 5.73 Å². The van der Waals surface area contributed by atoms with Gasteiger partial charge in [0.15, 0.2) is 0 Å². The van der Waals surface area contributed by atoms with Gasteiger partial charge in [0.2, 0.25) is 0 Å². The Hall–Kier alpha value is -1.60. The van der Waals surface area contributed by atoms with E-state index in [1.165, 1.54) is 22.3 Å². The fraction of sp³-hybridized carbons (Fsp3) is 0.294. The molecule has 0 fully saturated rings. The van der Waals surface area contributed by atoms with E-state index < -0.39 is 0 Å². The zero-order valence-electron chi connectivity index (χ0n) is 10.8. The van der Waals surface area contributed by atoms with Crippen molar-refractivity contribution in [2.75, 3.05) is 0 Å². The first kappa shape index (κ1) is 11.5. The minimum absolute atomic E-state index is 0.330. The van der Waals surface area contributed by atoms with E-state index in [0.29, 0.717) is 0 Å². The SMILES string of the molecule is CCC1(N)c2ccccc2CCc2ccccc21. The number of benzene rings is 2. The Morgan fingerprint density at radius 3 is 1.78 bits per heavy atom. The maximum atomic E-state index is 6.78. The largest absolute Gasteiger partial charge is 0.318 e. The number of aryl methyl sites for hydroxylation is 2. The molecule has 0 unspecified atom stereocenters. The molecule has 0 amide bonds. The Kier molecular flexibility index (Phi) is 2.71.